The quantitative estimate of drug-likeness (QED) is 0.495. The Bertz CT molecular complexity index is 1080. The van der Waals surface area contributed by atoms with Gasteiger partial charge in [-0.1, -0.05) is 30.0 Å². The van der Waals surface area contributed by atoms with Crippen molar-refractivity contribution in [2.45, 2.75) is 36.2 Å². The first-order valence-corrected chi connectivity index (χ1v) is 12.1. The number of hydrogen-bond acceptors (Lipinski definition) is 7. The van der Waals surface area contributed by atoms with E-state index in [2.05, 4.69) is 25.0 Å². The van der Waals surface area contributed by atoms with Gasteiger partial charge in [-0.15, -0.1) is 10.2 Å². The maximum atomic E-state index is 12.9. The Kier molecular flexibility index (Phi) is 6.50. The summed E-state index contributed by atoms with van der Waals surface area (Å²) >= 11 is 1.45. The van der Waals surface area contributed by atoms with Gasteiger partial charge < -0.3 is 19.7 Å². The van der Waals surface area contributed by atoms with E-state index in [-0.39, 0.29) is 11.2 Å². The zero-order valence-electron chi connectivity index (χ0n) is 18.5. The summed E-state index contributed by atoms with van der Waals surface area (Å²) in [6.07, 6.45) is 2.25. The van der Waals surface area contributed by atoms with Gasteiger partial charge in [-0.2, -0.15) is 0 Å². The van der Waals surface area contributed by atoms with E-state index in [1.165, 1.54) is 11.8 Å². The first-order chi connectivity index (χ1) is 16.2. The van der Waals surface area contributed by atoms with E-state index in [0.29, 0.717) is 19.3 Å². The second-order valence-corrected chi connectivity index (χ2v) is 9.48. The summed E-state index contributed by atoms with van der Waals surface area (Å²) in [5.41, 5.74) is 0.727. The van der Waals surface area contributed by atoms with Gasteiger partial charge in [-0.25, -0.2) is 0 Å². The molecule has 1 saturated carbocycles. The fourth-order valence-corrected chi connectivity index (χ4v) is 4.58. The van der Waals surface area contributed by atoms with E-state index in [1.54, 1.807) is 0 Å². The number of para-hydroxylation sites is 1. The molecule has 0 spiro atoms. The molecule has 5 rings (SSSR count). The predicted octanol–water partition coefficient (Wildman–Crippen LogP) is 4.36. The highest BCUT2D eigenvalue weighted by Gasteiger charge is 2.33. The molecule has 1 aromatic heterocycles. The van der Waals surface area contributed by atoms with Crippen LogP contribution >= 0.6 is 11.8 Å². The minimum Gasteiger partial charge on any atom is -0.457 e. The summed E-state index contributed by atoms with van der Waals surface area (Å²) < 4.78 is 13.5. The number of hydrogen-bond donors (Lipinski definition) is 1. The van der Waals surface area contributed by atoms with Gasteiger partial charge in [0.1, 0.15) is 11.5 Å². The Labute approximate surface area is 197 Å². The number of thioether (sulfide) groups is 1. The molecule has 1 N–H and O–H groups in total. The van der Waals surface area contributed by atoms with E-state index >= 15 is 0 Å². The first-order valence-electron chi connectivity index (χ1n) is 11.3. The molecular formula is C24H27N5O3S. The number of aromatic nitrogens is 3. The van der Waals surface area contributed by atoms with E-state index in [4.69, 9.17) is 9.47 Å². The molecule has 1 unspecified atom stereocenters. The highest BCUT2D eigenvalue weighted by molar-refractivity contribution is 8.00. The Hall–Kier alpha value is -3.04. The topological polar surface area (TPSA) is 81.5 Å². The summed E-state index contributed by atoms with van der Waals surface area (Å²) in [5.74, 6) is 2.31. The molecule has 0 radical (unpaired) electrons. The van der Waals surface area contributed by atoms with Crippen molar-refractivity contribution in [3.63, 3.8) is 0 Å². The number of ether oxygens (including phenoxy) is 2. The zero-order chi connectivity index (χ0) is 22.6. The molecule has 1 atom stereocenters. The normalized spacial score (nSPS) is 16.9. The Balaban J connectivity index is 1.21. The molecule has 1 saturated heterocycles. The number of carbonyl (C=O) groups is 1. The largest absolute Gasteiger partial charge is 0.457 e. The lowest BCUT2D eigenvalue weighted by Crippen LogP contribution is -2.38. The molecule has 9 heteroatoms. The number of nitrogens with one attached hydrogen (secondary N) is 1. The Morgan fingerprint density at radius 1 is 1.06 bits per heavy atom. The van der Waals surface area contributed by atoms with Gasteiger partial charge in [0.2, 0.25) is 11.9 Å². The van der Waals surface area contributed by atoms with E-state index in [1.807, 2.05) is 61.5 Å². The van der Waals surface area contributed by atoms with E-state index in [9.17, 15) is 4.79 Å². The predicted molar refractivity (Wildman–Crippen MR) is 128 cm³/mol. The number of amides is 1. The van der Waals surface area contributed by atoms with Crippen LogP contribution in [-0.4, -0.2) is 52.2 Å². The number of rotatable bonds is 8. The molecule has 2 fully saturated rings. The lowest BCUT2D eigenvalue weighted by atomic mass is 10.3. The van der Waals surface area contributed by atoms with E-state index < -0.39 is 0 Å². The van der Waals surface area contributed by atoms with Crippen molar-refractivity contribution in [2.24, 2.45) is 0 Å². The average Bonchev–Trinajstić information content (AvgIpc) is 3.61. The maximum Gasteiger partial charge on any atom is 0.237 e. The number of carbonyl (C=O) groups excluding carboxylic acids is 1. The van der Waals surface area contributed by atoms with Crippen molar-refractivity contribution < 1.29 is 14.3 Å². The average molecular weight is 466 g/mol. The van der Waals surface area contributed by atoms with E-state index in [0.717, 1.165) is 54.2 Å². The number of nitrogens with zero attached hydrogens (tertiary/aromatic N) is 4. The first kappa shape index (κ1) is 21.8. The van der Waals surface area contributed by atoms with Gasteiger partial charge in [0.15, 0.2) is 5.16 Å². The van der Waals surface area contributed by atoms with Crippen molar-refractivity contribution in [1.82, 2.24) is 14.8 Å². The van der Waals surface area contributed by atoms with Crippen molar-refractivity contribution in [3.8, 4) is 11.5 Å². The SMILES string of the molecule is CC(Sc1nnc(N2CCOCC2)n1C1CC1)C(=O)Nc1ccc(Oc2ccccc2)cc1. The number of benzene rings is 2. The van der Waals surface area contributed by atoms with Gasteiger partial charge in [0, 0.05) is 24.8 Å². The molecule has 1 amide bonds. The standard InChI is InChI=1S/C24H27N5O3S/c1-17(22(30)25-18-7-11-21(12-8-18)32-20-5-3-2-4-6-20)33-24-27-26-23(29(24)19-9-10-19)28-13-15-31-16-14-28/h2-8,11-12,17,19H,9-10,13-16H2,1H3,(H,25,30). The molecule has 2 aromatic carbocycles. The van der Waals surface area contributed by atoms with Crippen LogP contribution in [0.25, 0.3) is 0 Å². The third-order valence-electron chi connectivity index (χ3n) is 5.60. The second-order valence-electron chi connectivity index (χ2n) is 8.17. The van der Waals surface area contributed by atoms with Crippen LogP contribution in [0.15, 0.2) is 59.8 Å². The molecule has 2 heterocycles. The smallest absolute Gasteiger partial charge is 0.237 e. The van der Waals surface area contributed by atoms with Crippen LogP contribution in [0.5, 0.6) is 11.5 Å². The third kappa shape index (κ3) is 5.31. The fourth-order valence-electron chi connectivity index (χ4n) is 3.67. The monoisotopic (exact) mass is 465 g/mol. The lowest BCUT2D eigenvalue weighted by molar-refractivity contribution is -0.115. The summed E-state index contributed by atoms with van der Waals surface area (Å²) in [6.45, 7) is 4.93. The molecule has 8 nitrogen and oxygen atoms in total. The van der Waals surface area contributed by atoms with Crippen molar-refractivity contribution in [3.05, 3.63) is 54.6 Å². The molecule has 2 aliphatic rings. The highest BCUT2D eigenvalue weighted by atomic mass is 32.2. The molecule has 1 aliphatic carbocycles. The Morgan fingerprint density at radius 3 is 2.45 bits per heavy atom. The van der Waals surface area contributed by atoms with Crippen LogP contribution in [0.4, 0.5) is 11.6 Å². The van der Waals surface area contributed by atoms with Crippen LogP contribution in [0, 0.1) is 0 Å². The molecule has 3 aromatic rings. The van der Waals surface area contributed by atoms with Crippen LogP contribution in [0.3, 0.4) is 0 Å². The minimum absolute atomic E-state index is 0.0741. The maximum absolute atomic E-state index is 12.9. The highest BCUT2D eigenvalue weighted by Crippen LogP contribution is 2.41. The van der Waals surface area contributed by atoms with Crippen LogP contribution < -0.4 is 15.0 Å². The van der Waals surface area contributed by atoms with Crippen LogP contribution in [0.1, 0.15) is 25.8 Å². The summed E-state index contributed by atoms with van der Waals surface area (Å²) in [4.78, 5) is 15.1. The lowest BCUT2D eigenvalue weighted by Gasteiger charge is -2.28. The van der Waals surface area contributed by atoms with Crippen molar-refractivity contribution in [2.75, 3.05) is 36.5 Å². The van der Waals surface area contributed by atoms with Gasteiger partial charge >= 0.3 is 0 Å². The molecule has 1 aliphatic heterocycles. The second kappa shape index (κ2) is 9.84. The van der Waals surface area contributed by atoms with Crippen molar-refractivity contribution in [1.29, 1.82) is 0 Å². The summed E-state index contributed by atoms with van der Waals surface area (Å²) in [7, 11) is 0. The number of anilines is 2. The van der Waals surface area contributed by atoms with Gasteiger partial charge in [0.05, 0.1) is 18.5 Å². The van der Waals surface area contributed by atoms with Crippen molar-refractivity contribution >= 4 is 29.3 Å². The summed E-state index contributed by atoms with van der Waals surface area (Å²) in [5, 5.41) is 12.4. The summed E-state index contributed by atoms with van der Waals surface area (Å²) in [6, 6.07) is 17.4. The van der Waals surface area contributed by atoms with Crippen LogP contribution in [0.2, 0.25) is 0 Å². The molecule has 172 valence electrons. The number of morpholine rings is 1. The molecule has 0 bridgehead atoms. The molecular weight excluding hydrogens is 438 g/mol. The Morgan fingerprint density at radius 2 is 1.76 bits per heavy atom. The zero-order valence-corrected chi connectivity index (χ0v) is 19.3. The van der Waals surface area contributed by atoms with Gasteiger partial charge in [0.25, 0.3) is 0 Å². The fraction of sp³-hybridized carbons (Fsp3) is 0.375. The minimum atomic E-state index is -0.315. The van der Waals surface area contributed by atoms with Crippen LogP contribution in [-0.2, 0) is 9.53 Å². The third-order valence-corrected chi connectivity index (χ3v) is 6.66. The van der Waals surface area contributed by atoms with Gasteiger partial charge in [-0.3, -0.25) is 9.36 Å². The molecule has 33 heavy (non-hydrogen) atoms. The van der Waals surface area contributed by atoms with Gasteiger partial charge in [-0.05, 0) is 56.2 Å².